The van der Waals surface area contributed by atoms with Crippen LogP contribution in [0.1, 0.15) is 24.8 Å². The number of piperidine rings is 1. The monoisotopic (exact) mass is 391 g/mol. The van der Waals surface area contributed by atoms with E-state index in [1.54, 1.807) is 4.90 Å². The Morgan fingerprint density at radius 1 is 1.11 bits per heavy atom. The van der Waals surface area contributed by atoms with Crippen LogP contribution >= 0.6 is 0 Å². The third kappa shape index (κ3) is 6.05. The largest absolute Gasteiger partial charge is 0.481 e. The first-order valence-electron chi connectivity index (χ1n) is 9.11. The molecule has 0 radical (unpaired) electrons. The summed E-state index contributed by atoms with van der Waals surface area (Å²) in [6.07, 6.45) is 0.479. The molecule has 1 saturated heterocycles. The van der Waals surface area contributed by atoms with Gasteiger partial charge in [0.2, 0.25) is 11.8 Å². The predicted molar refractivity (Wildman–Crippen MR) is 99.2 cm³/mol. The van der Waals surface area contributed by atoms with Crippen LogP contribution in [0.15, 0.2) is 30.3 Å². The molecule has 0 aromatic heterocycles. The van der Waals surface area contributed by atoms with Crippen LogP contribution in [0, 0.1) is 5.92 Å². The lowest BCUT2D eigenvalue weighted by atomic mass is 9.94. The maximum atomic E-state index is 12.5. The number of carboxylic acid groups (broad SMARTS) is 2. The average Bonchev–Trinajstić information content (AvgIpc) is 2.67. The van der Waals surface area contributed by atoms with Crippen LogP contribution < -0.4 is 11.1 Å². The molecule has 9 heteroatoms. The van der Waals surface area contributed by atoms with E-state index >= 15 is 0 Å². The fraction of sp³-hybridized carbons (Fsp3) is 0.474. The topological polar surface area (TPSA) is 150 Å². The molecule has 1 aliphatic heterocycles. The number of nitrogens with one attached hydrogen (secondary N) is 1. The zero-order valence-electron chi connectivity index (χ0n) is 15.4. The van der Waals surface area contributed by atoms with E-state index in [1.165, 1.54) is 0 Å². The molecule has 152 valence electrons. The minimum atomic E-state index is -1.47. The Kier molecular flexibility index (Phi) is 7.51. The summed E-state index contributed by atoms with van der Waals surface area (Å²) in [5, 5.41) is 20.0. The standard InChI is InChI=1S/C19H25N3O6/c20-14(10-12-4-2-1-3-5-12)18(26)22-8-6-13(7-9-22)17(25)21-15(19(27)28)11-16(23)24/h1-5,13-15H,6-11,20H2,(H,21,25)(H,23,24)(H,27,28)/t14-,15-/m0/s1. The zero-order valence-corrected chi connectivity index (χ0v) is 15.4. The van der Waals surface area contributed by atoms with Gasteiger partial charge in [0, 0.05) is 19.0 Å². The second-order valence-corrected chi connectivity index (χ2v) is 6.89. The smallest absolute Gasteiger partial charge is 0.326 e. The van der Waals surface area contributed by atoms with Crippen molar-refractivity contribution in [2.24, 2.45) is 11.7 Å². The molecule has 2 amide bonds. The fourth-order valence-corrected chi connectivity index (χ4v) is 3.22. The third-order valence-corrected chi connectivity index (χ3v) is 4.79. The SMILES string of the molecule is N[C@@H](Cc1ccccc1)C(=O)N1CCC(C(=O)N[C@@H](CC(=O)O)C(=O)O)CC1. The van der Waals surface area contributed by atoms with Crippen LogP contribution in [0.4, 0.5) is 0 Å². The first kappa shape index (κ1) is 21.4. The molecule has 2 rings (SSSR count). The number of benzene rings is 1. The van der Waals surface area contributed by atoms with Crippen LogP contribution in [0.25, 0.3) is 0 Å². The van der Waals surface area contributed by atoms with Gasteiger partial charge in [0.25, 0.3) is 0 Å². The van der Waals surface area contributed by atoms with Gasteiger partial charge in [0.05, 0.1) is 12.5 Å². The van der Waals surface area contributed by atoms with Crippen LogP contribution in [0.3, 0.4) is 0 Å². The van der Waals surface area contributed by atoms with Crippen molar-refractivity contribution in [2.45, 2.75) is 37.8 Å². The molecule has 9 nitrogen and oxygen atoms in total. The third-order valence-electron chi connectivity index (χ3n) is 4.79. The van der Waals surface area contributed by atoms with Crippen LogP contribution in [0.5, 0.6) is 0 Å². The maximum Gasteiger partial charge on any atom is 0.326 e. The van der Waals surface area contributed by atoms with Gasteiger partial charge in [-0.2, -0.15) is 0 Å². The second kappa shape index (κ2) is 9.84. The van der Waals surface area contributed by atoms with Gasteiger partial charge in [-0.25, -0.2) is 4.79 Å². The Hall–Kier alpha value is -2.94. The highest BCUT2D eigenvalue weighted by atomic mass is 16.4. The molecule has 0 saturated carbocycles. The molecule has 1 aromatic rings. The second-order valence-electron chi connectivity index (χ2n) is 6.89. The van der Waals surface area contributed by atoms with Crippen LogP contribution in [-0.2, 0) is 25.6 Å². The van der Waals surface area contributed by atoms with Crippen molar-refractivity contribution in [1.82, 2.24) is 10.2 Å². The molecule has 1 fully saturated rings. The minimum absolute atomic E-state index is 0.183. The molecule has 0 aliphatic carbocycles. The first-order valence-corrected chi connectivity index (χ1v) is 9.11. The number of rotatable bonds is 8. The first-order chi connectivity index (χ1) is 13.3. The van der Waals surface area contributed by atoms with E-state index in [1.807, 2.05) is 30.3 Å². The van der Waals surface area contributed by atoms with Gasteiger partial charge < -0.3 is 26.2 Å². The molecule has 1 heterocycles. The lowest BCUT2D eigenvalue weighted by Crippen LogP contribution is -2.51. The molecule has 28 heavy (non-hydrogen) atoms. The van der Waals surface area contributed by atoms with Crippen molar-refractivity contribution in [3.63, 3.8) is 0 Å². The summed E-state index contributed by atoms with van der Waals surface area (Å²) in [7, 11) is 0. The number of hydrogen-bond donors (Lipinski definition) is 4. The van der Waals surface area contributed by atoms with Crippen molar-refractivity contribution < 1.29 is 29.4 Å². The Balaban J connectivity index is 1.84. The number of nitrogens with zero attached hydrogens (tertiary/aromatic N) is 1. The van der Waals surface area contributed by atoms with E-state index in [-0.39, 0.29) is 5.91 Å². The van der Waals surface area contributed by atoms with E-state index in [0.29, 0.717) is 32.4 Å². The van der Waals surface area contributed by atoms with Crippen molar-refractivity contribution >= 4 is 23.8 Å². The van der Waals surface area contributed by atoms with E-state index in [0.717, 1.165) is 5.56 Å². The Morgan fingerprint density at radius 2 is 1.71 bits per heavy atom. The van der Waals surface area contributed by atoms with Crippen molar-refractivity contribution in [1.29, 1.82) is 0 Å². The highest BCUT2D eigenvalue weighted by molar-refractivity contribution is 5.88. The van der Waals surface area contributed by atoms with Gasteiger partial charge in [0.15, 0.2) is 0 Å². The summed E-state index contributed by atoms with van der Waals surface area (Å²) in [5.41, 5.74) is 7.00. The summed E-state index contributed by atoms with van der Waals surface area (Å²) in [6, 6.07) is 7.32. The maximum absolute atomic E-state index is 12.5. The molecule has 1 aliphatic rings. The van der Waals surface area contributed by atoms with Crippen molar-refractivity contribution in [3.8, 4) is 0 Å². The molecule has 0 unspecified atom stereocenters. The number of likely N-dealkylation sites (tertiary alicyclic amines) is 1. The average molecular weight is 391 g/mol. The lowest BCUT2D eigenvalue weighted by Gasteiger charge is -2.33. The van der Waals surface area contributed by atoms with E-state index in [4.69, 9.17) is 15.9 Å². The molecule has 1 aromatic carbocycles. The van der Waals surface area contributed by atoms with Gasteiger partial charge in [-0.3, -0.25) is 14.4 Å². The number of carbonyl (C=O) groups is 4. The van der Waals surface area contributed by atoms with Gasteiger partial charge >= 0.3 is 11.9 Å². The van der Waals surface area contributed by atoms with Gasteiger partial charge in [0.1, 0.15) is 6.04 Å². The predicted octanol–water partition coefficient (Wildman–Crippen LogP) is -0.161. The number of carboxylic acids is 2. The number of hydrogen-bond acceptors (Lipinski definition) is 5. The van der Waals surface area contributed by atoms with Crippen LogP contribution in [-0.4, -0.2) is 64.0 Å². The number of aliphatic carboxylic acids is 2. The number of nitrogens with two attached hydrogens (primary N) is 1. The lowest BCUT2D eigenvalue weighted by molar-refractivity contribution is -0.148. The fourth-order valence-electron chi connectivity index (χ4n) is 3.22. The molecule has 0 spiro atoms. The molecule has 2 atom stereocenters. The molecular formula is C19H25N3O6. The highest BCUT2D eigenvalue weighted by Crippen LogP contribution is 2.19. The van der Waals surface area contributed by atoms with E-state index in [9.17, 15) is 19.2 Å². The quantitative estimate of drug-likeness (QED) is 0.481. The van der Waals surface area contributed by atoms with Crippen LogP contribution in [0.2, 0.25) is 0 Å². The molecule has 5 N–H and O–H groups in total. The number of carbonyl (C=O) groups excluding carboxylic acids is 2. The summed E-state index contributed by atoms with van der Waals surface area (Å²) < 4.78 is 0. The number of amides is 2. The Labute approximate surface area is 162 Å². The Bertz CT molecular complexity index is 716. The summed E-state index contributed by atoms with van der Waals surface area (Å²) >= 11 is 0. The van der Waals surface area contributed by atoms with Gasteiger partial charge in [-0.15, -0.1) is 0 Å². The van der Waals surface area contributed by atoms with E-state index in [2.05, 4.69) is 5.32 Å². The van der Waals surface area contributed by atoms with Crippen molar-refractivity contribution in [2.75, 3.05) is 13.1 Å². The normalized spacial score (nSPS) is 16.8. The van der Waals surface area contributed by atoms with Crippen molar-refractivity contribution in [3.05, 3.63) is 35.9 Å². The molecular weight excluding hydrogens is 366 g/mol. The molecule has 0 bridgehead atoms. The summed E-state index contributed by atoms with van der Waals surface area (Å²) in [4.78, 5) is 48.2. The summed E-state index contributed by atoms with van der Waals surface area (Å²) in [5.74, 6) is -3.85. The van der Waals surface area contributed by atoms with Gasteiger partial charge in [-0.05, 0) is 24.8 Å². The highest BCUT2D eigenvalue weighted by Gasteiger charge is 2.32. The minimum Gasteiger partial charge on any atom is -0.481 e. The zero-order chi connectivity index (χ0) is 20.7. The van der Waals surface area contributed by atoms with Gasteiger partial charge in [-0.1, -0.05) is 30.3 Å². The Morgan fingerprint density at radius 3 is 2.25 bits per heavy atom. The van der Waals surface area contributed by atoms with E-state index < -0.39 is 42.3 Å². The summed E-state index contributed by atoms with van der Waals surface area (Å²) in [6.45, 7) is 0.687.